The van der Waals surface area contributed by atoms with Crippen LogP contribution in [-0.4, -0.2) is 46.3 Å². The Labute approximate surface area is 162 Å². The molecule has 0 saturated heterocycles. The number of benzene rings is 1. The molecule has 0 saturated carbocycles. The predicted octanol–water partition coefficient (Wildman–Crippen LogP) is 2.95. The summed E-state index contributed by atoms with van der Waals surface area (Å²) in [7, 11) is 3.92. The highest BCUT2D eigenvalue weighted by molar-refractivity contribution is 5.79. The van der Waals surface area contributed by atoms with E-state index in [1.54, 1.807) is 0 Å². The zero-order valence-electron chi connectivity index (χ0n) is 16.9. The Hall–Kier alpha value is -2.37. The Morgan fingerprint density at radius 2 is 2.00 bits per heavy atom. The number of nitrogens with zero attached hydrogens (tertiary/aromatic N) is 5. The summed E-state index contributed by atoms with van der Waals surface area (Å²) in [5, 5.41) is 12.3. The minimum absolute atomic E-state index is 0.845. The van der Waals surface area contributed by atoms with Crippen molar-refractivity contribution in [2.24, 2.45) is 4.99 Å². The van der Waals surface area contributed by atoms with Gasteiger partial charge in [0, 0.05) is 46.6 Å². The maximum atomic E-state index is 4.42. The summed E-state index contributed by atoms with van der Waals surface area (Å²) < 4.78 is 2.34. The van der Waals surface area contributed by atoms with Crippen molar-refractivity contribution in [3.05, 3.63) is 47.0 Å². The molecule has 2 aromatic rings. The van der Waals surface area contributed by atoms with E-state index >= 15 is 0 Å². The normalized spacial score (nSPS) is 14.6. The third kappa shape index (κ3) is 5.31. The highest BCUT2D eigenvalue weighted by atomic mass is 15.3. The number of rotatable bonds is 6. The molecule has 0 aliphatic carbocycles. The van der Waals surface area contributed by atoms with E-state index in [9.17, 15) is 0 Å². The zero-order chi connectivity index (χ0) is 19.1. The highest BCUT2D eigenvalue weighted by Gasteiger charge is 2.14. The topological polar surface area (TPSA) is 58.3 Å². The number of aromatic nitrogens is 3. The molecule has 0 spiro atoms. The molecule has 27 heavy (non-hydrogen) atoms. The van der Waals surface area contributed by atoms with Gasteiger partial charge in [-0.3, -0.25) is 4.99 Å². The maximum absolute atomic E-state index is 4.42. The number of hydrogen-bond donors (Lipinski definition) is 1. The van der Waals surface area contributed by atoms with E-state index in [4.69, 9.17) is 0 Å². The molecule has 0 atom stereocenters. The van der Waals surface area contributed by atoms with Gasteiger partial charge >= 0.3 is 0 Å². The maximum Gasteiger partial charge on any atom is 0.193 e. The summed E-state index contributed by atoms with van der Waals surface area (Å²) in [6.07, 6.45) is 6.83. The van der Waals surface area contributed by atoms with Crippen molar-refractivity contribution in [3.63, 3.8) is 0 Å². The van der Waals surface area contributed by atoms with Gasteiger partial charge in [-0.15, -0.1) is 10.2 Å². The Morgan fingerprint density at radius 3 is 2.78 bits per heavy atom. The summed E-state index contributed by atoms with van der Waals surface area (Å²) in [5.74, 6) is 3.23. The van der Waals surface area contributed by atoms with Crippen LogP contribution in [0.4, 0.5) is 0 Å². The first-order valence-electron chi connectivity index (χ1n) is 10.1. The van der Waals surface area contributed by atoms with Crippen LogP contribution < -0.4 is 5.32 Å². The SMILES string of the molecule is CN=C(NCCCc1nnc2n1CCCCC2)N(C)Cc1ccc(C)cc1. The Morgan fingerprint density at radius 1 is 1.19 bits per heavy atom. The largest absolute Gasteiger partial charge is 0.356 e. The molecule has 3 rings (SSSR count). The molecule has 0 bridgehead atoms. The first-order valence-corrected chi connectivity index (χ1v) is 10.1. The lowest BCUT2D eigenvalue weighted by atomic mass is 10.1. The smallest absolute Gasteiger partial charge is 0.193 e. The predicted molar refractivity (Wildman–Crippen MR) is 110 cm³/mol. The third-order valence-corrected chi connectivity index (χ3v) is 5.16. The van der Waals surface area contributed by atoms with Crippen LogP contribution >= 0.6 is 0 Å². The van der Waals surface area contributed by atoms with E-state index in [2.05, 4.69) is 68.2 Å². The summed E-state index contributed by atoms with van der Waals surface area (Å²) >= 11 is 0. The molecule has 1 aromatic carbocycles. The quantitative estimate of drug-likeness (QED) is 0.484. The number of aliphatic imine (C=N–C) groups is 1. The minimum Gasteiger partial charge on any atom is -0.356 e. The average molecular weight is 369 g/mol. The monoisotopic (exact) mass is 368 g/mol. The van der Waals surface area contributed by atoms with Crippen LogP contribution in [0.25, 0.3) is 0 Å². The first kappa shape index (κ1) is 19.4. The van der Waals surface area contributed by atoms with Crippen molar-refractivity contribution in [2.45, 2.75) is 58.5 Å². The molecule has 146 valence electrons. The zero-order valence-corrected chi connectivity index (χ0v) is 16.9. The number of fused-ring (bicyclic) bond motifs is 1. The van der Waals surface area contributed by atoms with Gasteiger partial charge in [-0.2, -0.15) is 0 Å². The molecular weight excluding hydrogens is 336 g/mol. The number of nitrogens with one attached hydrogen (secondary N) is 1. The van der Waals surface area contributed by atoms with Crippen LogP contribution in [0.5, 0.6) is 0 Å². The van der Waals surface area contributed by atoms with Crippen LogP contribution in [-0.2, 0) is 25.9 Å². The van der Waals surface area contributed by atoms with E-state index in [1.165, 1.54) is 36.2 Å². The van der Waals surface area contributed by atoms with Crippen LogP contribution in [0.1, 0.15) is 48.5 Å². The fourth-order valence-electron chi connectivity index (χ4n) is 3.60. The van der Waals surface area contributed by atoms with E-state index in [0.29, 0.717) is 0 Å². The van der Waals surface area contributed by atoms with Gasteiger partial charge in [0.25, 0.3) is 0 Å². The fourth-order valence-corrected chi connectivity index (χ4v) is 3.60. The first-order chi connectivity index (χ1) is 13.2. The molecule has 1 N–H and O–H groups in total. The molecule has 2 heterocycles. The van der Waals surface area contributed by atoms with Crippen LogP contribution in [0.3, 0.4) is 0 Å². The molecule has 0 radical (unpaired) electrons. The van der Waals surface area contributed by atoms with Gasteiger partial charge in [-0.1, -0.05) is 36.2 Å². The lowest BCUT2D eigenvalue weighted by Gasteiger charge is -2.22. The van der Waals surface area contributed by atoms with Crippen molar-refractivity contribution in [2.75, 3.05) is 20.6 Å². The van der Waals surface area contributed by atoms with Crippen LogP contribution in [0, 0.1) is 6.92 Å². The van der Waals surface area contributed by atoms with Gasteiger partial charge in [0.15, 0.2) is 5.96 Å². The Bertz CT molecular complexity index is 747. The molecule has 0 unspecified atom stereocenters. The summed E-state index contributed by atoms with van der Waals surface area (Å²) in [6, 6.07) is 8.66. The molecule has 6 nitrogen and oxygen atoms in total. The van der Waals surface area contributed by atoms with E-state index in [1.807, 2.05) is 7.05 Å². The van der Waals surface area contributed by atoms with Crippen LogP contribution in [0.15, 0.2) is 29.3 Å². The van der Waals surface area contributed by atoms with Crippen molar-refractivity contribution in [3.8, 4) is 0 Å². The molecule has 6 heteroatoms. The van der Waals surface area contributed by atoms with Gasteiger partial charge in [-0.25, -0.2) is 0 Å². The van der Waals surface area contributed by atoms with Crippen molar-refractivity contribution in [1.82, 2.24) is 25.0 Å². The number of hydrogen-bond acceptors (Lipinski definition) is 3. The van der Waals surface area contributed by atoms with Crippen LogP contribution in [0.2, 0.25) is 0 Å². The lowest BCUT2D eigenvalue weighted by molar-refractivity contribution is 0.475. The number of guanidine groups is 1. The molecule has 1 aliphatic rings. The third-order valence-electron chi connectivity index (χ3n) is 5.16. The summed E-state index contributed by atoms with van der Waals surface area (Å²) in [5.41, 5.74) is 2.58. The lowest BCUT2D eigenvalue weighted by Crippen LogP contribution is -2.39. The highest BCUT2D eigenvalue weighted by Crippen LogP contribution is 2.15. The molecule has 0 fully saturated rings. The van der Waals surface area contributed by atoms with E-state index in [-0.39, 0.29) is 0 Å². The van der Waals surface area contributed by atoms with E-state index in [0.717, 1.165) is 50.7 Å². The van der Waals surface area contributed by atoms with Crippen molar-refractivity contribution in [1.29, 1.82) is 0 Å². The summed E-state index contributed by atoms with van der Waals surface area (Å²) in [6.45, 7) is 4.92. The second-order valence-corrected chi connectivity index (χ2v) is 7.41. The summed E-state index contributed by atoms with van der Waals surface area (Å²) in [4.78, 5) is 6.58. The second kappa shape index (κ2) is 9.53. The second-order valence-electron chi connectivity index (χ2n) is 7.41. The fraction of sp³-hybridized carbons (Fsp3) is 0.571. The van der Waals surface area contributed by atoms with Crippen molar-refractivity contribution < 1.29 is 0 Å². The minimum atomic E-state index is 0.845. The van der Waals surface area contributed by atoms with Gasteiger partial charge < -0.3 is 14.8 Å². The van der Waals surface area contributed by atoms with E-state index < -0.39 is 0 Å². The van der Waals surface area contributed by atoms with Gasteiger partial charge in [0.1, 0.15) is 11.6 Å². The Balaban J connectivity index is 1.46. The van der Waals surface area contributed by atoms with Gasteiger partial charge in [0.05, 0.1) is 0 Å². The standard InChI is InChI=1S/C21H32N6/c1-17-10-12-18(13-11-17)16-26(3)21(22-2)23-14-7-9-20-25-24-19-8-5-4-6-15-27(19)20/h10-13H,4-9,14-16H2,1-3H3,(H,22,23). The molecular formula is C21H32N6. The molecule has 0 amide bonds. The van der Waals surface area contributed by atoms with Crippen molar-refractivity contribution >= 4 is 5.96 Å². The van der Waals surface area contributed by atoms with Gasteiger partial charge in [0.2, 0.25) is 0 Å². The van der Waals surface area contributed by atoms with Gasteiger partial charge in [-0.05, 0) is 31.7 Å². The molecule has 1 aliphatic heterocycles. The average Bonchev–Trinajstić information content (AvgIpc) is 2.90. The Kier molecular flexibility index (Phi) is 6.85. The molecule has 1 aromatic heterocycles. The number of aryl methyl sites for hydroxylation is 3.